The number of hydrogen-bond acceptors (Lipinski definition) is 3. The van der Waals surface area contributed by atoms with Crippen molar-refractivity contribution in [2.75, 3.05) is 27.9 Å². The topological polar surface area (TPSA) is 27.7 Å². The van der Waals surface area contributed by atoms with Crippen molar-refractivity contribution in [1.82, 2.24) is 0 Å². The van der Waals surface area contributed by atoms with E-state index in [-0.39, 0.29) is 6.10 Å². The van der Waals surface area contributed by atoms with E-state index in [1.807, 2.05) is 6.92 Å². The van der Waals surface area contributed by atoms with Crippen LogP contribution in [0.4, 0.5) is 0 Å². The molecule has 0 amide bonds. The minimum absolute atomic E-state index is 0.0430. The summed E-state index contributed by atoms with van der Waals surface area (Å²) in [6.45, 7) is 11.1. The minimum Gasteiger partial charge on any atom is -0.382 e. The van der Waals surface area contributed by atoms with Gasteiger partial charge in [-0.15, -0.1) is 0 Å². The molecule has 0 heterocycles. The van der Waals surface area contributed by atoms with Crippen LogP contribution in [-0.4, -0.2) is 47.5 Å². The van der Waals surface area contributed by atoms with Crippen molar-refractivity contribution in [2.45, 2.75) is 44.7 Å². The molecule has 0 bridgehead atoms. The van der Waals surface area contributed by atoms with Crippen molar-refractivity contribution in [2.24, 2.45) is 5.92 Å². The predicted molar refractivity (Wildman–Crippen MR) is 79.0 cm³/mol. The monoisotopic (exact) mass is 256 g/mol. The molecule has 0 saturated carbocycles. The Labute approximate surface area is 113 Å². The fraction of sp³-hybridized carbons (Fsp3) is 0.857. The van der Waals surface area contributed by atoms with Crippen LogP contribution >= 0.6 is 0 Å². The zero-order chi connectivity index (χ0) is 14.3. The molecule has 4 atom stereocenters. The standard InChI is InChI=1S/C14H29BO3/c1-10(11(2)12(3)15)8-14(18-7,9-16-5)13(4)17-6/h11-13H,1,8-9,15H2,2-7H3/t11-,12?,13-,14-/m0/s1. The molecule has 0 aliphatic rings. The summed E-state index contributed by atoms with van der Waals surface area (Å²) in [4.78, 5) is 0. The van der Waals surface area contributed by atoms with Gasteiger partial charge in [0.25, 0.3) is 0 Å². The molecule has 0 radical (unpaired) electrons. The van der Waals surface area contributed by atoms with Crippen LogP contribution in [0.2, 0.25) is 5.82 Å². The third kappa shape index (κ3) is 4.41. The number of ether oxygens (including phenoxy) is 3. The second-order valence-corrected chi connectivity index (χ2v) is 5.45. The fourth-order valence-electron chi connectivity index (χ4n) is 2.09. The van der Waals surface area contributed by atoms with Crippen molar-refractivity contribution in [3.05, 3.63) is 12.2 Å². The quantitative estimate of drug-likeness (QED) is 0.467. The molecular weight excluding hydrogens is 227 g/mol. The lowest BCUT2D eigenvalue weighted by molar-refractivity contribution is -0.141. The first kappa shape index (κ1) is 17.7. The second kappa shape index (κ2) is 7.98. The second-order valence-electron chi connectivity index (χ2n) is 5.45. The fourth-order valence-corrected chi connectivity index (χ4v) is 2.09. The molecule has 0 rings (SSSR count). The third-order valence-corrected chi connectivity index (χ3v) is 4.06. The Bertz CT molecular complexity index is 255. The molecule has 0 saturated heterocycles. The Hall–Kier alpha value is -0.315. The molecule has 0 aliphatic carbocycles. The van der Waals surface area contributed by atoms with Gasteiger partial charge in [0.15, 0.2) is 0 Å². The molecule has 18 heavy (non-hydrogen) atoms. The first-order valence-electron chi connectivity index (χ1n) is 6.59. The summed E-state index contributed by atoms with van der Waals surface area (Å²) in [6, 6.07) is 0. The van der Waals surface area contributed by atoms with E-state index in [0.29, 0.717) is 18.3 Å². The van der Waals surface area contributed by atoms with E-state index in [9.17, 15) is 0 Å². The third-order valence-electron chi connectivity index (χ3n) is 4.06. The van der Waals surface area contributed by atoms with Crippen LogP contribution in [0.15, 0.2) is 12.2 Å². The van der Waals surface area contributed by atoms with Gasteiger partial charge >= 0.3 is 0 Å². The zero-order valence-electron chi connectivity index (χ0n) is 13.1. The van der Waals surface area contributed by atoms with Crippen molar-refractivity contribution in [3.8, 4) is 0 Å². The van der Waals surface area contributed by atoms with E-state index in [4.69, 9.17) is 14.2 Å². The summed E-state index contributed by atoms with van der Waals surface area (Å²) in [5, 5.41) is 0. The Morgan fingerprint density at radius 1 is 1.22 bits per heavy atom. The van der Waals surface area contributed by atoms with Crippen molar-refractivity contribution < 1.29 is 14.2 Å². The van der Waals surface area contributed by atoms with Gasteiger partial charge in [-0.2, -0.15) is 0 Å². The molecule has 0 aromatic heterocycles. The van der Waals surface area contributed by atoms with E-state index < -0.39 is 5.60 Å². The maximum absolute atomic E-state index is 5.72. The Kier molecular flexibility index (Phi) is 7.84. The highest BCUT2D eigenvalue weighted by atomic mass is 16.6. The summed E-state index contributed by atoms with van der Waals surface area (Å²) >= 11 is 0. The summed E-state index contributed by atoms with van der Waals surface area (Å²) < 4.78 is 16.5. The normalized spacial score (nSPS) is 19.9. The number of rotatable bonds is 9. The van der Waals surface area contributed by atoms with Crippen LogP contribution in [0.1, 0.15) is 27.2 Å². The van der Waals surface area contributed by atoms with E-state index in [1.54, 1.807) is 21.3 Å². The van der Waals surface area contributed by atoms with Crippen LogP contribution in [-0.2, 0) is 14.2 Å². The zero-order valence-corrected chi connectivity index (χ0v) is 13.1. The van der Waals surface area contributed by atoms with Crippen LogP contribution in [0.25, 0.3) is 0 Å². The van der Waals surface area contributed by atoms with Crippen molar-refractivity contribution in [3.63, 3.8) is 0 Å². The smallest absolute Gasteiger partial charge is 0.120 e. The van der Waals surface area contributed by atoms with Gasteiger partial charge in [0.05, 0.1) is 12.7 Å². The van der Waals surface area contributed by atoms with E-state index in [2.05, 4.69) is 28.3 Å². The first-order chi connectivity index (χ1) is 8.34. The van der Waals surface area contributed by atoms with Gasteiger partial charge in [-0.25, -0.2) is 0 Å². The molecule has 1 unspecified atom stereocenters. The lowest BCUT2D eigenvalue weighted by Gasteiger charge is -2.38. The molecule has 0 N–H and O–H groups in total. The van der Waals surface area contributed by atoms with Gasteiger partial charge in [-0.3, -0.25) is 0 Å². The Morgan fingerprint density at radius 2 is 1.78 bits per heavy atom. The molecular formula is C14H29BO3. The summed E-state index contributed by atoms with van der Waals surface area (Å²) in [6.07, 6.45) is 0.713. The van der Waals surface area contributed by atoms with Crippen LogP contribution in [0.5, 0.6) is 0 Å². The average molecular weight is 256 g/mol. The van der Waals surface area contributed by atoms with Crippen LogP contribution in [0, 0.1) is 5.92 Å². The average Bonchev–Trinajstić information content (AvgIpc) is 2.35. The van der Waals surface area contributed by atoms with Crippen LogP contribution in [0.3, 0.4) is 0 Å². The van der Waals surface area contributed by atoms with E-state index in [0.717, 1.165) is 6.42 Å². The first-order valence-corrected chi connectivity index (χ1v) is 6.59. The van der Waals surface area contributed by atoms with Gasteiger partial charge in [-0.1, -0.05) is 31.8 Å². The molecule has 0 aliphatic heterocycles. The van der Waals surface area contributed by atoms with Crippen molar-refractivity contribution in [1.29, 1.82) is 0 Å². The molecule has 0 aromatic rings. The van der Waals surface area contributed by atoms with Gasteiger partial charge in [0, 0.05) is 27.8 Å². The number of methoxy groups -OCH3 is 3. The van der Waals surface area contributed by atoms with Crippen LogP contribution < -0.4 is 0 Å². The van der Waals surface area contributed by atoms with Gasteiger partial charge < -0.3 is 14.2 Å². The summed E-state index contributed by atoms with van der Waals surface area (Å²) in [7, 11) is 7.30. The Morgan fingerprint density at radius 3 is 2.11 bits per heavy atom. The highest BCUT2D eigenvalue weighted by Gasteiger charge is 2.38. The molecule has 0 spiro atoms. The van der Waals surface area contributed by atoms with E-state index >= 15 is 0 Å². The predicted octanol–water partition coefficient (Wildman–Crippen LogP) is 2.08. The SMILES string of the molecule is BC(C)[C@@H](C)C(=C)C[C@@](COC)(OC)[C@H](C)OC. The van der Waals surface area contributed by atoms with Gasteiger partial charge in [-0.05, 0) is 12.8 Å². The highest BCUT2D eigenvalue weighted by molar-refractivity contribution is 6.11. The summed E-state index contributed by atoms with van der Waals surface area (Å²) in [5.41, 5.74) is 0.733. The molecule has 0 aromatic carbocycles. The maximum atomic E-state index is 5.72. The molecule has 106 valence electrons. The lowest BCUT2D eigenvalue weighted by atomic mass is 9.73. The van der Waals surface area contributed by atoms with E-state index in [1.165, 1.54) is 5.57 Å². The maximum Gasteiger partial charge on any atom is 0.120 e. The largest absolute Gasteiger partial charge is 0.382 e. The molecule has 4 heteroatoms. The summed E-state index contributed by atoms with van der Waals surface area (Å²) in [5.74, 6) is 1.04. The van der Waals surface area contributed by atoms with Crippen molar-refractivity contribution >= 4 is 7.85 Å². The molecule has 3 nitrogen and oxygen atoms in total. The Balaban J connectivity index is 4.93. The molecule has 0 fully saturated rings. The highest BCUT2D eigenvalue weighted by Crippen LogP contribution is 2.32. The minimum atomic E-state index is -0.455. The lowest BCUT2D eigenvalue weighted by Crippen LogP contribution is -2.48. The van der Waals surface area contributed by atoms with Gasteiger partial charge in [0.1, 0.15) is 13.4 Å². The van der Waals surface area contributed by atoms with Gasteiger partial charge in [0.2, 0.25) is 0 Å². The number of hydrogen-bond donors (Lipinski definition) is 0.